The number of nitrogens with one attached hydrogen (secondary N) is 1. The van der Waals surface area contributed by atoms with E-state index in [2.05, 4.69) is 5.32 Å². The van der Waals surface area contributed by atoms with E-state index in [0.29, 0.717) is 11.3 Å². The van der Waals surface area contributed by atoms with Crippen molar-refractivity contribution in [1.29, 1.82) is 0 Å². The second kappa shape index (κ2) is 4.87. The molecule has 0 aliphatic heterocycles. The number of carbonyl (C=O) groups is 1. The maximum atomic E-state index is 13.5. The van der Waals surface area contributed by atoms with E-state index in [9.17, 15) is 9.18 Å². The smallest absolute Gasteiger partial charge is 0.255 e. The number of rotatable bonds is 2. The summed E-state index contributed by atoms with van der Waals surface area (Å²) in [4.78, 5) is 11.9. The molecule has 1 amide bonds. The highest BCUT2D eigenvalue weighted by atomic mass is 19.1. The number of carbonyl (C=O) groups excluding carboxylic acids is 1. The van der Waals surface area contributed by atoms with Gasteiger partial charge in [0.25, 0.3) is 5.91 Å². The van der Waals surface area contributed by atoms with E-state index >= 15 is 0 Å². The molecule has 0 fully saturated rings. The van der Waals surface area contributed by atoms with Crippen LogP contribution in [0.3, 0.4) is 0 Å². The Kier molecular flexibility index (Phi) is 3.28. The minimum absolute atomic E-state index is 0.178. The molecule has 92 valence electrons. The highest BCUT2D eigenvalue weighted by molar-refractivity contribution is 6.04. The van der Waals surface area contributed by atoms with Crippen LogP contribution in [0.15, 0.2) is 42.5 Å². The second-order valence-corrected chi connectivity index (χ2v) is 4.06. The Bertz CT molecular complexity index is 579. The van der Waals surface area contributed by atoms with E-state index in [1.807, 2.05) is 6.92 Å². The van der Waals surface area contributed by atoms with E-state index in [4.69, 9.17) is 5.73 Å². The molecule has 0 aliphatic carbocycles. The molecule has 2 aromatic carbocycles. The Hall–Kier alpha value is -2.36. The lowest BCUT2D eigenvalue weighted by Crippen LogP contribution is -2.13. The average molecular weight is 244 g/mol. The Morgan fingerprint density at radius 2 is 1.83 bits per heavy atom. The quantitative estimate of drug-likeness (QED) is 0.798. The largest absolute Gasteiger partial charge is 0.399 e. The summed E-state index contributed by atoms with van der Waals surface area (Å²) in [5.41, 5.74) is 7.60. The SMILES string of the molecule is Cc1ccc(F)c(NC(=O)c2ccc(N)cc2)c1. The van der Waals surface area contributed by atoms with Gasteiger partial charge >= 0.3 is 0 Å². The highest BCUT2D eigenvalue weighted by Gasteiger charge is 2.09. The van der Waals surface area contributed by atoms with E-state index in [1.54, 1.807) is 36.4 Å². The molecule has 0 atom stereocenters. The summed E-state index contributed by atoms with van der Waals surface area (Å²) in [5, 5.41) is 2.53. The van der Waals surface area contributed by atoms with E-state index in [1.165, 1.54) is 6.07 Å². The van der Waals surface area contributed by atoms with Gasteiger partial charge in [-0.1, -0.05) is 6.07 Å². The normalized spacial score (nSPS) is 10.1. The third-order valence-electron chi connectivity index (χ3n) is 2.54. The maximum absolute atomic E-state index is 13.5. The van der Waals surface area contributed by atoms with Gasteiger partial charge in [0.05, 0.1) is 5.69 Å². The fourth-order valence-corrected chi connectivity index (χ4v) is 1.56. The predicted octanol–water partition coefficient (Wildman–Crippen LogP) is 2.97. The Morgan fingerprint density at radius 1 is 1.17 bits per heavy atom. The summed E-state index contributed by atoms with van der Waals surface area (Å²) in [6.45, 7) is 1.83. The zero-order chi connectivity index (χ0) is 13.1. The number of nitrogens with two attached hydrogens (primary N) is 1. The molecule has 0 radical (unpaired) electrons. The first-order chi connectivity index (χ1) is 8.56. The van der Waals surface area contributed by atoms with E-state index < -0.39 is 5.82 Å². The molecule has 2 aromatic rings. The van der Waals surface area contributed by atoms with Crippen LogP contribution >= 0.6 is 0 Å². The first-order valence-electron chi connectivity index (χ1n) is 5.49. The fraction of sp³-hybridized carbons (Fsp3) is 0.0714. The standard InChI is InChI=1S/C14H13FN2O/c1-9-2-7-12(15)13(8-9)17-14(18)10-3-5-11(16)6-4-10/h2-8H,16H2,1H3,(H,17,18). The zero-order valence-electron chi connectivity index (χ0n) is 9.91. The number of benzene rings is 2. The topological polar surface area (TPSA) is 55.1 Å². The molecule has 0 heterocycles. The maximum Gasteiger partial charge on any atom is 0.255 e. The van der Waals surface area contributed by atoms with Crippen molar-refractivity contribution in [2.45, 2.75) is 6.92 Å². The summed E-state index contributed by atoms with van der Waals surface area (Å²) >= 11 is 0. The van der Waals surface area contributed by atoms with Crippen LogP contribution in [-0.2, 0) is 0 Å². The molecule has 2 rings (SSSR count). The van der Waals surface area contributed by atoms with Gasteiger partial charge in [-0.15, -0.1) is 0 Å². The lowest BCUT2D eigenvalue weighted by molar-refractivity contribution is 0.102. The van der Waals surface area contributed by atoms with Crippen molar-refractivity contribution in [3.63, 3.8) is 0 Å². The van der Waals surface area contributed by atoms with Crippen molar-refractivity contribution < 1.29 is 9.18 Å². The summed E-state index contributed by atoms with van der Waals surface area (Å²) in [5.74, 6) is -0.816. The monoisotopic (exact) mass is 244 g/mol. The number of hydrogen-bond donors (Lipinski definition) is 2. The molecule has 0 saturated carbocycles. The molecule has 0 aliphatic rings. The van der Waals surface area contributed by atoms with Gasteiger partial charge in [0.1, 0.15) is 5.82 Å². The first kappa shape index (κ1) is 12.1. The van der Waals surface area contributed by atoms with Crippen LogP contribution in [0.25, 0.3) is 0 Å². The average Bonchev–Trinajstić information content (AvgIpc) is 2.34. The fourth-order valence-electron chi connectivity index (χ4n) is 1.56. The van der Waals surface area contributed by atoms with Gasteiger partial charge in [-0.2, -0.15) is 0 Å². The predicted molar refractivity (Wildman–Crippen MR) is 69.9 cm³/mol. The number of anilines is 2. The molecule has 0 unspecified atom stereocenters. The number of amides is 1. The molecular formula is C14H13FN2O. The van der Waals surface area contributed by atoms with Gasteiger partial charge in [-0.25, -0.2) is 4.39 Å². The highest BCUT2D eigenvalue weighted by Crippen LogP contribution is 2.17. The molecule has 18 heavy (non-hydrogen) atoms. The van der Waals surface area contributed by atoms with Crippen molar-refractivity contribution in [3.8, 4) is 0 Å². The van der Waals surface area contributed by atoms with Crippen molar-refractivity contribution in [2.75, 3.05) is 11.1 Å². The number of halogens is 1. The summed E-state index contributed by atoms with van der Waals surface area (Å²) < 4.78 is 13.5. The van der Waals surface area contributed by atoms with Crippen LogP contribution in [0.1, 0.15) is 15.9 Å². The molecule has 4 heteroatoms. The van der Waals surface area contributed by atoms with Crippen molar-refractivity contribution in [2.24, 2.45) is 0 Å². The van der Waals surface area contributed by atoms with Crippen molar-refractivity contribution in [3.05, 3.63) is 59.4 Å². The summed E-state index contributed by atoms with van der Waals surface area (Å²) in [6.07, 6.45) is 0. The third kappa shape index (κ3) is 2.66. The molecule has 0 aromatic heterocycles. The van der Waals surface area contributed by atoms with Crippen LogP contribution in [0.5, 0.6) is 0 Å². The van der Waals surface area contributed by atoms with Crippen LogP contribution in [0.4, 0.5) is 15.8 Å². The van der Waals surface area contributed by atoms with Gasteiger partial charge in [0.2, 0.25) is 0 Å². The lowest BCUT2D eigenvalue weighted by Gasteiger charge is -2.07. The molecule has 0 saturated heterocycles. The van der Waals surface area contributed by atoms with Gasteiger partial charge in [-0.3, -0.25) is 4.79 Å². The number of nitrogen functional groups attached to an aromatic ring is 1. The molecule has 3 N–H and O–H groups in total. The van der Waals surface area contributed by atoms with Crippen LogP contribution in [0, 0.1) is 12.7 Å². The minimum Gasteiger partial charge on any atom is -0.399 e. The van der Waals surface area contributed by atoms with E-state index in [0.717, 1.165) is 5.56 Å². The Labute approximate surface area is 104 Å². The van der Waals surface area contributed by atoms with Crippen molar-refractivity contribution >= 4 is 17.3 Å². The van der Waals surface area contributed by atoms with Gasteiger partial charge < -0.3 is 11.1 Å². The number of hydrogen-bond acceptors (Lipinski definition) is 2. The minimum atomic E-state index is -0.454. The van der Waals surface area contributed by atoms with Crippen molar-refractivity contribution in [1.82, 2.24) is 0 Å². The van der Waals surface area contributed by atoms with E-state index in [-0.39, 0.29) is 11.6 Å². The third-order valence-corrected chi connectivity index (χ3v) is 2.54. The molecule has 3 nitrogen and oxygen atoms in total. The first-order valence-corrected chi connectivity index (χ1v) is 5.49. The van der Waals surface area contributed by atoms with Crippen LogP contribution < -0.4 is 11.1 Å². The lowest BCUT2D eigenvalue weighted by atomic mass is 10.1. The summed E-state index contributed by atoms with van der Waals surface area (Å²) in [6, 6.07) is 11.0. The molecule has 0 spiro atoms. The Morgan fingerprint density at radius 3 is 2.50 bits per heavy atom. The van der Waals surface area contributed by atoms with Crippen LogP contribution in [-0.4, -0.2) is 5.91 Å². The second-order valence-electron chi connectivity index (χ2n) is 4.06. The molecule has 0 bridgehead atoms. The van der Waals surface area contributed by atoms with Gasteiger partial charge in [-0.05, 0) is 48.9 Å². The Balaban J connectivity index is 2.21. The summed E-state index contributed by atoms with van der Waals surface area (Å²) in [7, 11) is 0. The zero-order valence-corrected chi connectivity index (χ0v) is 9.91. The molecular weight excluding hydrogens is 231 g/mol. The number of aryl methyl sites for hydroxylation is 1. The van der Waals surface area contributed by atoms with Gasteiger partial charge in [0, 0.05) is 11.3 Å². The van der Waals surface area contributed by atoms with Gasteiger partial charge in [0.15, 0.2) is 0 Å². The van der Waals surface area contributed by atoms with Crippen LogP contribution in [0.2, 0.25) is 0 Å².